The van der Waals surface area contributed by atoms with Crippen molar-refractivity contribution in [1.82, 2.24) is 14.8 Å². The number of carbonyl (C=O) groups is 1. The number of nitrogens with one attached hydrogen (secondary N) is 2. The topological polar surface area (TPSA) is 66.4 Å². The molecule has 1 amide bonds. The normalized spacial score (nSPS) is 19.3. The number of nitrogens with zero attached hydrogens (tertiary/aromatic N) is 2. The summed E-state index contributed by atoms with van der Waals surface area (Å²) < 4.78 is 84.7. The Kier molecular flexibility index (Phi) is 8.34. The lowest BCUT2D eigenvalue weighted by molar-refractivity contribution is -0.214. The van der Waals surface area contributed by atoms with Gasteiger partial charge in [0.2, 0.25) is 0 Å². The lowest BCUT2D eigenvalue weighted by Crippen LogP contribution is -2.50. The van der Waals surface area contributed by atoms with Crippen molar-refractivity contribution in [1.29, 1.82) is 0 Å². The third-order valence-corrected chi connectivity index (χ3v) is 7.90. The van der Waals surface area contributed by atoms with Crippen molar-refractivity contribution in [2.75, 3.05) is 25.5 Å². The summed E-state index contributed by atoms with van der Waals surface area (Å²) in [5, 5.41) is 5.68. The first kappa shape index (κ1) is 29.0. The van der Waals surface area contributed by atoms with Gasteiger partial charge in [-0.1, -0.05) is 31.0 Å². The minimum atomic E-state index is -4.73. The summed E-state index contributed by atoms with van der Waals surface area (Å²) in [6.07, 6.45) is -5.50. The molecule has 214 valence electrons. The van der Waals surface area contributed by atoms with Crippen LogP contribution in [0.15, 0.2) is 35.3 Å². The molecule has 2 fully saturated rings. The minimum absolute atomic E-state index is 0.0765. The van der Waals surface area contributed by atoms with Crippen LogP contribution in [0.4, 0.5) is 32.0 Å². The maximum absolute atomic E-state index is 14.7. The highest BCUT2D eigenvalue weighted by molar-refractivity contribution is 5.99. The molecule has 2 heterocycles. The molecule has 0 spiro atoms. The number of likely N-dealkylation sites (tertiary alicyclic amines) is 1. The third kappa shape index (κ3) is 5.80. The summed E-state index contributed by atoms with van der Waals surface area (Å²) in [5.41, 5.74) is -4.46. The van der Waals surface area contributed by atoms with E-state index in [2.05, 4.69) is 15.5 Å². The molecule has 1 aliphatic carbocycles. The first-order valence-electron chi connectivity index (χ1n) is 13.0. The molecule has 0 unspecified atom stereocenters. The fraction of sp³-hybridized carbons (Fsp3) is 0.556. The molecule has 1 saturated carbocycles. The van der Waals surface area contributed by atoms with Gasteiger partial charge in [0.1, 0.15) is 11.4 Å². The molecule has 1 aromatic heterocycles. The van der Waals surface area contributed by atoms with Crippen LogP contribution in [0.5, 0.6) is 0 Å². The van der Waals surface area contributed by atoms with E-state index in [1.807, 2.05) is 7.05 Å². The second-order valence-electron chi connectivity index (χ2n) is 10.5. The minimum Gasteiger partial charge on any atom is -0.381 e. The van der Waals surface area contributed by atoms with Gasteiger partial charge in [0.15, 0.2) is 0 Å². The molecule has 4 rings (SSSR count). The summed E-state index contributed by atoms with van der Waals surface area (Å²) in [4.78, 5) is 28.7. The van der Waals surface area contributed by atoms with Gasteiger partial charge in [-0.15, -0.1) is 0 Å². The van der Waals surface area contributed by atoms with Crippen LogP contribution in [-0.4, -0.2) is 47.7 Å². The molecule has 1 atom stereocenters. The number of rotatable bonds is 7. The van der Waals surface area contributed by atoms with E-state index in [9.17, 15) is 35.9 Å². The van der Waals surface area contributed by atoms with Gasteiger partial charge in [-0.2, -0.15) is 13.2 Å². The van der Waals surface area contributed by atoms with Crippen LogP contribution < -0.4 is 16.2 Å². The second-order valence-corrected chi connectivity index (χ2v) is 10.5. The number of halogens is 6. The maximum atomic E-state index is 14.7. The molecule has 2 aromatic rings. The number of hydrogen-bond donors (Lipinski definition) is 2. The van der Waals surface area contributed by atoms with Crippen molar-refractivity contribution in [2.45, 2.75) is 75.7 Å². The Labute approximate surface area is 222 Å². The highest BCUT2D eigenvalue weighted by Crippen LogP contribution is 2.48. The molecular formula is C27H32F6N4O2. The zero-order chi connectivity index (χ0) is 28.5. The average molecular weight is 559 g/mol. The molecule has 1 aromatic carbocycles. The van der Waals surface area contributed by atoms with Gasteiger partial charge in [0, 0.05) is 23.9 Å². The predicted molar refractivity (Wildman–Crippen MR) is 135 cm³/mol. The van der Waals surface area contributed by atoms with Gasteiger partial charge in [-0.25, -0.2) is 13.2 Å². The van der Waals surface area contributed by atoms with Gasteiger partial charge in [-0.05, 0) is 52.7 Å². The maximum Gasteiger partial charge on any atom is 0.412 e. The van der Waals surface area contributed by atoms with E-state index < -0.39 is 47.0 Å². The zero-order valence-electron chi connectivity index (χ0n) is 21.8. The van der Waals surface area contributed by atoms with Crippen LogP contribution in [0, 0.1) is 5.82 Å². The summed E-state index contributed by atoms with van der Waals surface area (Å²) >= 11 is 0. The fourth-order valence-electron chi connectivity index (χ4n) is 5.59. The molecule has 0 radical (unpaired) electrons. The number of piperidine rings is 1. The average Bonchev–Trinajstić information content (AvgIpc) is 3.37. The van der Waals surface area contributed by atoms with Crippen LogP contribution in [0.2, 0.25) is 0 Å². The Balaban J connectivity index is 1.73. The van der Waals surface area contributed by atoms with Gasteiger partial charge < -0.3 is 15.5 Å². The molecule has 6 nitrogen and oxygen atoms in total. The molecule has 39 heavy (non-hydrogen) atoms. The monoisotopic (exact) mass is 558 g/mol. The Morgan fingerprint density at radius 1 is 1.10 bits per heavy atom. The van der Waals surface area contributed by atoms with E-state index >= 15 is 0 Å². The molecule has 2 N–H and O–H groups in total. The van der Waals surface area contributed by atoms with Crippen molar-refractivity contribution in [3.8, 4) is 0 Å². The Morgan fingerprint density at radius 3 is 2.31 bits per heavy atom. The summed E-state index contributed by atoms with van der Waals surface area (Å²) in [6.45, 7) is 2.90. The van der Waals surface area contributed by atoms with E-state index in [1.54, 1.807) is 0 Å². The second kappa shape index (κ2) is 11.2. The lowest BCUT2D eigenvalue weighted by Gasteiger charge is -2.35. The zero-order valence-corrected chi connectivity index (χ0v) is 21.8. The van der Waals surface area contributed by atoms with Gasteiger partial charge in [0.25, 0.3) is 17.9 Å². The number of aromatic nitrogens is 1. The first-order valence-corrected chi connectivity index (χ1v) is 13.0. The van der Waals surface area contributed by atoms with Crippen LogP contribution in [-0.2, 0) is 5.54 Å². The number of benzene rings is 1. The molecule has 1 saturated heterocycles. The number of anilines is 1. The summed E-state index contributed by atoms with van der Waals surface area (Å²) in [6, 6.07) is 3.24. The number of amides is 1. The van der Waals surface area contributed by atoms with Crippen molar-refractivity contribution < 1.29 is 31.1 Å². The van der Waals surface area contributed by atoms with Crippen LogP contribution >= 0.6 is 0 Å². The fourth-order valence-corrected chi connectivity index (χ4v) is 5.59. The van der Waals surface area contributed by atoms with Gasteiger partial charge in [-0.3, -0.25) is 14.2 Å². The molecule has 0 bridgehead atoms. The van der Waals surface area contributed by atoms with E-state index in [-0.39, 0.29) is 48.5 Å². The van der Waals surface area contributed by atoms with Crippen molar-refractivity contribution in [2.24, 2.45) is 0 Å². The third-order valence-electron chi connectivity index (χ3n) is 7.90. The van der Waals surface area contributed by atoms with Crippen LogP contribution in [0.1, 0.15) is 79.4 Å². The van der Waals surface area contributed by atoms with E-state index in [0.717, 1.165) is 31.4 Å². The SMILES string of the molecule is C[C@@H](NC(=O)c1cn(C2(C(F)(F)F)CCCC2)c(=O)cc1NC1CCN(C)CC1)c1cccc(C(F)F)c1F. The molecule has 12 heteroatoms. The number of pyridine rings is 1. The van der Waals surface area contributed by atoms with Gasteiger partial charge >= 0.3 is 6.18 Å². The molecular weight excluding hydrogens is 526 g/mol. The number of alkyl halides is 5. The summed E-state index contributed by atoms with van der Waals surface area (Å²) in [7, 11) is 1.96. The largest absolute Gasteiger partial charge is 0.412 e. The standard InChI is InChI=1S/C27H32F6N4O2/c1-16(18-6-5-7-19(23(18)28)24(29)30)34-25(39)20-15-37(26(27(31,32)33)10-3-4-11-26)22(38)14-21(20)35-17-8-12-36(2)13-9-17/h5-7,14-17,24,35H,3-4,8-13H2,1-2H3,(H,34,39)/t16-/m1/s1. The lowest BCUT2D eigenvalue weighted by atomic mass is 9.95. The Morgan fingerprint density at radius 2 is 1.72 bits per heavy atom. The van der Waals surface area contributed by atoms with Gasteiger partial charge in [0.05, 0.1) is 22.9 Å². The van der Waals surface area contributed by atoms with Crippen molar-refractivity contribution >= 4 is 11.6 Å². The highest BCUT2D eigenvalue weighted by Gasteiger charge is 2.57. The van der Waals surface area contributed by atoms with Crippen molar-refractivity contribution in [3.05, 3.63) is 63.3 Å². The number of carbonyl (C=O) groups excluding carboxylic acids is 1. The highest BCUT2D eigenvalue weighted by atomic mass is 19.4. The van der Waals surface area contributed by atoms with E-state index in [0.29, 0.717) is 17.4 Å². The quantitative estimate of drug-likeness (QED) is 0.425. The first-order chi connectivity index (χ1) is 18.3. The van der Waals surface area contributed by atoms with Crippen molar-refractivity contribution in [3.63, 3.8) is 0 Å². The predicted octanol–water partition coefficient (Wildman–Crippen LogP) is 5.75. The molecule has 1 aliphatic heterocycles. The van der Waals surface area contributed by atoms with Crippen LogP contribution in [0.3, 0.4) is 0 Å². The van der Waals surface area contributed by atoms with E-state index in [4.69, 9.17) is 0 Å². The van der Waals surface area contributed by atoms with Crippen LogP contribution in [0.25, 0.3) is 0 Å². The Bertz CT molecular complexity index is 1250. The number of hydrogen-bond acceptors (Lipinski definition) is 4. The Hall–Kier alpha value is -3.02. The molecule has 2 aliphatic rings. The smallest absolute Gasteiger partial charge is 0.381 e. The summed E-state index contributed by atoms with van der Waals surface area (Å²) in [5.74, 6) is -2.03. The van der Waals surface area contributed by atoms with E-state index in [1.165, 1.54) is 19.1 Å².